The molecule has 0 aromatic rings. The highest BCUT2D eigenvalue weighted by atomic mass is 16.5. The molecule has 0 bridgehead atoms. The molecule has 2 atom stereocenters. The Balaban J connectivity index is 1.70. The zero-order chi connectivity index (χ0) is 14.4. The van der Waals surface area contributed by atoms with Crippen LogP contribution in [-0.4, -0.2) is 36.2 Å². The quantitative estimate of drug-likeness (QED) is 0.574. The molecule has 5 nitrogen and oxygen atoms in total. The van der Waals surface area contributed by atoms with Crippen LogP contribution in [0.15, 0.2) is 12.2 Å². The van der Waals surface area contributed by atoms with Crippen LogP contribution in [0.25, 0.3) is 0 Å². The lowest BCUT2D eigenvalue weighted by Gasteiger charge is -2.24. The molecular weight excluding hydrogens is 258 g/mol. The van der Waals surface area contributed by atoms with E-state index in [4.69, 9.17) is 9.84 Å². The molecular formula is C15H23NO4. The van der Waals surface area contributed by atoms with E-state index in [-0.39, 0.29) is 5.91 Å². The third-order valence-corrected chi connectivity index (χ3v) is 4.14. The molecule has 1 amide bonds. The number of carboxylic acid groups (broad SMARTS) is 1. The summed E-state index contributed by atoms with van der Waals surface area (Å²) in [5.74, 6) is -2.12. The van der Waals surface area contributed by atoms with E-state index in [9.17, 15) is 9.59 Å². The van der Waals surface area contributed by atoms with Gasteiger partial charge in [0.25, 0.3) is 0 Å². The van der Waals surface area contributed by atoms with Crippen molar-refractivity contribution in [3.63, 3.8) is 0 Å². The summed E-state index contributed by atoms with van der Waals surface area (Å²) in [5.41, 5.74) is 0. The minimum atomic E-state index is -0.892. The Morgan fingerprint density at radius 1 is 1.15 bits per heavy atom. The van der Waals surface area contributed by atoms with E-state index in [1.165, 1.54) is 12.8 Å². The number of carbonyl (C=O) groups excluding carboxylic acids is 1. The normalized spacial score (nSPS) is 26.6. The van der Waals surface area contributed by atoms with E-state index in [1.54, 1.807) is 0 Å². The summed E-state index contributed by atoms with van der Waals surface area (Å²) in [7, 11) is 0. The number of allylic oxidation sites excluding steroid dienone is 2. The van der Waals surface area contributed by atoms with Gasteiger partial charge in [0.05, 0.1) is 24.5 Å². The maximum Gasteiger partial charge on any atom is 0.307 e. The highest BCUT2D eigenvalue weighted by Gasteiger charge is 2.33. The number of hydrogen-bond acceptors (Lipinski definition) is 3. The molecule has 0 aliphatic heterocycles. The van der Waals surface area contributed by atoms with Crippen molar-refractivity contribution in [1.29, 1.82) is 0 Å². The van der Waals surface area contributed by atoms with E-state index in [0.717, 1.165) is 12.8 Å². The van der Waals surface area contributed by atoms with Crippen LogP contribution in [0.1, 0.15) is 38.5 Å². The van der Waals surface area contributed by atoms with Gasteiger partial charge in [-0.15, -0.1) is 0 Å². The van der Waals surface area contributed by atoms with Crippen molar-refractivity contribution < 1.29 is 19.4 Å². The van der Waals surface area contributed by atoms with Crippen LogP contribution in [0.5, 0.6) is 0 Å². The maximum absolute atomic E-state index is 12.0. The van der Waals surface area contributed by atoms with Crippen molar-refractivity contribution in [3.05, 3.63) is 12.2 Å². The first-order valence-corrected chi connectivity index (χ1v) is 7.45. The number of carboxylic acids is 1. The molecule has 5 heteroatoms. The smallest absolute Gasteiger partial charge is 0.307 e. The third-order valence-electron chi connectivity index (χ3n) is 4.14. The number of amides is 1. The monoisotopic (exact) mass is 281 g/mol. The minimum Gasteiger partial charge on any atom is -0.481 e. The van der Waals surface area contributed by atoms with E-state index in [1.807, 2.05) is 12.2 Å². The molecule has 1 fully saturated rings. The van der Waals surface area contributed by atoms with Crippen LogP contribution in [0.3, 0.4) is 0 Å². The third kappa shape index (κ3) is 4.07. The van der Waals surface area contributed by atoms with Gasteiger partial charge in [0, 0.05) is 6.54 Å². The first-order valence-electron chi connectivity index (χ1n) is 7.45. The Labute approximate surface area is 119 Å². The average Bonchev–Trinajstić information content (AvgIpc) is 2.96. The Morgan fingerprint density at radius 3 is 2.45 bits per heavy atom. The molecule has 1 saturated carbocycles. The van der Waals surface area contributed by atoms with Crippen LogP contribution in [0.2, 0.25) is 0 Å². The van der Waals surface area contributed by atoms with Gasteiger partial charge in [-0.3, -0.25) is 9.59 Å². The van der Waals surface area contributed by atoms with Crippen molar-refractivity contribution in [1.82, 2.24) is 5.32 Å². The summed E-state index contributed by atoms with van der Waals surface area (Å²) in [6, 6.07) is 0. The van der Waals surface area contributed by atoms with Crippen LogP contribution < -0.4 is 5.32 Å². The summed E-state index contributed by atoms with van der Waals surface area (Å²) >= 11 is 0. The van der Waals surface area contributed by atoms with Gasteiger partial charge >= 0.3 is 5.97 Å². The number of ether oxygens (including phenoxy) is 1. The molecule has 0 radical (unpaired) electrons. The Kier molecular flexibility index (Phi) is 5.59. The van der Waals surface area contributed by atoms with Gasteiger partial charge < -0.3 is 15.2 Å². The lowest BCUT2D eigenvalue weighted by atomic mass is 9.82. The summed E-state index contributed by atoms with van der Waals surface area (Å²) in [6.07, 6.45) is 9.70. The van der Waals surface area contributed by atoms with Crippen molar-refractivity contribution in [2.75, 3.05) is 13.2 Å². The fraction of sp³-hybridized carbons (Fsp3) is 0.733. The Bertz CT molecular complexity index is 374. The highest BCUT2D eigenvalue weighted by molar-refractivity contribution is 5.85. The number of carbonyl (C=O) groups is 2. The van der Waals surface area contributed by atoms with Crippen LogP contribution in [0.4, 0.5) is 0 Å². The molecule has 0 spiro atoms. The fourth-order valence-corrected chi connectivity index (χ4v) is 2.96. The number of rotatable bonds is 6. The first kappa shape index (κ1) is 15.0. The van der Waals surface area contributed by atoms with E-state index >= 15 is 0 Å². The fourth-order valence-electron chi connectivity index (χ4n) is 2.96. The molecule has 2 rings (SSSR count). The highest BCUT2D eigenvalue weighted by Crippen LogP contribution is 2.26. The average molecular weight is 281 g/mol. The van der Waals surface area contributed by atoms with Gasteiger partial charge in [0.2, 0.25) is 5.91 Å². The largest absolute Gasteiger partial charge is 0.481 e. The SMILES string of the molecule is O=C(O)C1CC=CCC1C(=O)NCCOC1CCCC1. The van der Waals surface area contributed by atoms with Crippen LogP contribution >= 0.6 is 0 Å². The minimum absolute atomic E-state index is 0.170. The van der Waals surface area contributed by atoms with Gasteiger partial charge in [-0.25, -0.2) is 0 Å². The van der Waals surface area contributed by atoms with E-state index in [2.05, 4.69) is 5.32 Å². The van der Waals surface area contributed by atoms with Gasteiger partial charge in [0.1, 0.15) is 0 Å². The van der Waals surface area contributed by atoms with Gasteiger partial charge in [-0.05, 0) is 25.7 Å². The van der Waals surface area contributed by atoms with E-state index in [0.29, 0.717) is 32.1 Å². The summed E-state index contributed by atoms with van der Waals surface area (Å²) < 4.78 is 5.67. The van der Waals surface area contributed by atoms with Crippen LogP contribution in [0, 0.1) is 11.8 Å². The Morgan fingerprint density at radius 2 is 1.80 bits per heavy atom. The molecule has 20 heavy (non-hydrogen) atoms. The predicted octanol–water partition coefficient (Wildman–Crippen LogP) is 1.73. The van der Waals surface area contributed by atoms with Crippen molar-refractivity contribution in [3.8, 4) is 0 Å². The molecule has 2 N–H and O–H groups in total. The second kappa shape index (κ2) is 7.43. The molecule has 0 aromatic heterocycles. The summed E-state index contributed by atoms with van der Waals surface area (Å²) in [4.78, 5) is 23.2. The number of nitrogens with one attached hydrogen (secondary N) is 1. The molecule has 0 heterocycles. The second-order valence-corrected chi connectivity index (χ2v) is 5.56. The second-order valence-electron chi connectivity index (χ2n) is 5.56. The lowest BCUT2D eigenvalue weighted by Crippen LogP contribution is -2.40. The molecule has 112 valence electrons. The van der Waals surface area contributed by atoms with Crippen LogP contribution in [-0.2, 0) is 14.3 Å². The van der Waals surface area contributed by atoms with Gasteiger partial charge in [-0.1, -0.05) is 25.0 Å². The molecule has 2 unspecified atom stereocenters. The topological polar surface area (TPSA) is 75.6 Å². The zero-order valence-electron chi connectivity index (χ0n) is 11.7. The zero-order valence-corrected chi connectivity index (χ0v) is 11.7. The number of hydrogen-bond donors (Lipinski definition) is 2. The predicted molar refractivity (Wildman–Crippen MR) is 74.2 cm³/mol. The molecule has 0 aromatic carbocycles. The van der Waals surface area contributed by atoms with Crippen molar-refractivity contribution in [2.24, 2.45) is 11.8 Å². The number of aliphatic carboxylic acids is 1. The summed E-state index contributed by atoms with van der Waals surface area (Å²) in [6.45, 7) is 0.971. The Hall–Kier alpha value is -1.36. The maximum atomic E-state index is 12.0. The molecule has 2 aliphatic carbocycles. The first-order chi connectivity index (χ1) is 9.68. The van der Waals surface area contributed by atoms with Crippen molar-refractivity contribution in [2.45, 2.75) is 44.6 Å². The molecule has 0 saturated heterocycles. The summed E-state index contributed by atoms with van der Waals surface area (Å²) in [5, 5.41) is 11.9. The van der Waals surface area contributed by atoms with Gasteiger partial charge in [-0.2, -0.15) is 0 Å². The standard InChI is InChI=1S/C15H23NO4/c17-14(12-7-3-4-8-13(12)15(18)19)16-9-10-20-11-5-1-2-6-11/h3-4,11-13H,1-2,5-10H2,(H,16,17)(H,18,19). The molecule has 2 aliphatic rings. The van der Waals surface area contributed by atoms with E-state index < -0.39 is 17.8 Å². The van der Waals surface area contributed by atoms with Gasteiger partial charge in [0.15, 0.2) is 0 Å². The van der Waals surface area contributed by atoms with Crippen molar-refractivity contribution >= 4 is 11.9 Å². The lowest BCUT2D eigenvalue weighted by molar-refractivity contribution is -0.147.